The maximum Gasteiger partial charge on any atom is 0.122 e. The number of aromatic nitrogens is 1. The van der Waals surface area contributed by atoms with E-state index in [2.05, 4.69) is 242 Å². The SMILES string of the molecule is CC1(C)c2ccccc2-c2c(N(c3ccc(-c4ccccc4)cc3)c3cccc4c3c3ccccc3n4C3(c4ccccc4)c4ccccc4-c4ccccc43)cccc21. The Bertz CT molecular complexity index is 3230. The van der Waals surface area contributed by atoms with E-state index in [1.54, 1.807) is 0 Å². The highest BCUT2D eigenvalue weighted by atomic mass is 15.2. The fourth-order valence-electron chi connectivity index (χ4n) is 10.9. The van der Waals surface area contributed by atoms with Gasteiger partial charge in [-0.15, -0.1) is 0 Å². The molecule has 1 heterocycles. The summed E-state index contributed by atoms with van der Waals surface area (Å²) in [4.78, 5) is 2.54. The third-order valence-electron chi connectivity index (χ3n) is 13.4. The zero-order chi connectivity index (χ0) is 40.0. The number of hydrogen-bond acceptors (Lipinski definition) is 1. The first-order valence-electron chi connectivity index (χ1n) is 21.0. The van der Waals surface area contributed by atoms with Crippen molar-refractivity contribution in [3.8, 4) is 33.4 Å². The van der Waals surface area contributed by atoms with Gasteiger partial charge in [-0.2, -0.15) is 0 Å². The van der Waals surface area contributed by atoms with Gasteiger partial charge in [-0.05, 0) is 92.0 Å². The molecule has 0 bridgehead atoms. The summed E-state index contributed by atoms with van der Waals surface area (Å²) in [6.45, 7) is 4.74. The molecule has 0 amide bonds. The lowest BCUT2D eigenvalue weighted by atomic mass is 9.80. The Kier molecular flexibility index (Phi) is 7.52. The molecular weight excluding hydrogens is 725 g/mol. The maximum atomic E-state index is 2.66. The number of nitrogens with zero attached hydrogens (tertiary/aromatic N) is 2. The molecule has 2 aliphatic rings. The molecule has 12 rings (SSSR count). The van der Waals surface area contributed by atoms with Crippen LogP contribution in [-0.4, -0.2) is 4.57 Å². The van der Waals surface area contributed by atoms with Crippen molar-refractivity contribution in [3.63, 3.8) is 0 Å². The summed E-state index contributed by atoms with van der Waals surface area (Å²) in [6, 6.07) is 81.0. The maximum absolute atomic E-state index is 2.66. The van der Waals surface area contributed by atoms with Crippen molar-refractivity contribution in [2.24, 2.45) is 0 Å². The van der Waals surface area contributed by atoms with E-state index in [9.17, 15) is 0 Å². The lowest BCUT2D eigenvalue weighted by molar-refractivity contribution is 0.564. The highest BCUT2D eigenvalue weighted by Gasteiger charge is 2.48. The van der Waals surface area contributed by atoms with E-state index in [1.165, 1.54) is 88.7 Å². The molecule has 60 heavy (non-hydrogen) atoms. The van der Waals surface area contributed by atoms with E-state index in [0.29, 0.717) is 0 Å². The summed E-state index contributed by atoms with van der Waals surface area (Å²) in [7, 11) is 0. The normalized spacial score (nSPS) is 14.1. The molecule has 0 radical (unpaired) electrons. The van der Waals surface area contributed by atoms with Crippen molar-refractivity contribution in [1.82, 2.24) is 4.57 Å². The highest BCUT2D eigenvalue weighted by molar-refractivity contribution is 6.17. The molecule has 0 N–H and O–H groups in total. The molecule has 0 spiro atoms. The van der Waals surface area contributed by atoms with E-state index < -0.39 is 5.54 Å². The van der Waals surface area contributed by atoms with Crippen LogP contribution in [-0.2, 0) is 11.0 Å². The lowest BCUT2D eigenvalue weighted by Gasteiger charge is -2.36. The minimum absolute atomic E-state index is 0.141. The number of rotatable bonds is 6. The summed E-state index contributed by atoms with van der Waals surface area (Å²) in [5.74, 6) is 0. The Morgan fingerprint density at radius 3 is 1.62 bits per heavy atom. The number of fused-ring (bicyclic) bond motifs is 9. The average Bonchev–Trinajstić information content (AvgIpc) is 3.89. The molecule has 2 heteroatoms. The molecule has 0 fully saturated rings. The van der Waals surface area contributed by atoms with Gasteiger partial charge in [0.25, 0.3) is 0 Å². The van der Waals surface area contributed by atoms with Crippen LogP contribution in [0.2, 0.25) is 0 Å². The van der Waals surface area contributed by atoms with E-state index in [1.807, 2.05) is 0 Å². The Balaban J connectivity index is 1.20. The molecule has 284 valence electrons. The van der Waals surface area contributed by atoms with Gasteiger partial charge in [0.05, 0.1) is 22.4 Å². The van der Waals surface area contributed by atoms with Gasteiger partial charge in [0, 0.05) is 27.4 Å². The third-order valence-corrected chi connectivity index (χ3v) is 13.4. The zero-order valence-corrected chi connectivity index (χ0v) is 33.7. The lowest BCUT2D eigenvalue weighted by Crippen LogP contribution is -2.35. The van der Waals surface area contributed by atoms with Crippen molar-refractivity contribution in [1.29, 1.82) is 0 Å². The van der Waals surface area contributed by atoms with Gasteiger partial charge >= 0.3 is 0 Å². The summed E-state index contributed by atoms with van der Waals surface area (Å²) in [6.07, 6.45) is 0. The topological polar surface area (TPSA) is 8.17 Å². The smallest absolute Gasteiger partial charge is 0.122 e. The Labute approximate surface area is 351 Å². The van der Waals surface area contributed by atoms with E-state index in [0.717, 1.165) is 11.4 Å². The first-order valence-corrected chi connectivity index (χ1v) is 21.0. The van der Waals surface area contributed by atoms with Crippen LogP contribution in [0, 0.1) is 0 Å². The number of para-hydroxylation sites is 1. The first-order chi connectivity index (χ1) is 29.6. The van der Waals surface area contributed by atoms with Crippen molar-refractivity contribution in [3.05, 3.63) is 246 Å². The molecule has 9 aromatic carbocycles. The van der Waals surface area contributed by atoms with Crippen LogP contribution in [0.5, 0.6) is 0 Å². The largest absolute Gasteiger partial charge is 0.322 e. The van der Waals surface area contributed by atoms with Crippen molar-refractivity contribution in [2.45, 2.75) is 24.8 Å². The van der Waals surface area contributed by atoms with Gasteiger partial charge in [-0.25, -0.2) is 0 Å². The summed E-state index contributed by atoms with van der Waals surface area (Å²) in [5, 5.41) is 2.44. The van der Waals surface area contributed by atoms with Crippen LogP contribution in [0.4, 0.5) is 17.1 Å². The highest BCUT2D eigenvalue weighted by Crippen LogP contribution is 2.58. The quantitative estimate of drug-likeness (QED) is 0.164. The second kappa shape index (κ2) is 13.0. The van der Waals surface area contributed by atoms with Crippen LogP contribution in [0.3, 0.4) is 0 Å². The van der Waals surface area contributed by atoms with Crippen LogP contribution in [0.1, 0.15) is 41.7 Å². The standard InChI is InChI=1S/C58H42N2/c1-57(2)47-27-13-11-25-45(47)55-50(57)30-17-32-52(55)59(42-37-35-40(36-38-42)39-19-5-3-6-20-39)53-33-18-34-54-56(53)46-26-12-16-31-51(46)60(54)58(41-21-7-4-8-22-41)48-28-14-9-23-43(48)44-24-10-15-29-49(44)58/h3-38H,1-2H3. The monoisotopic (exact) mass is 766 g/mol. The number of anilines is 3. The number of benzene rings is 9. The van der Waals surface area contributed by atoms with Crippen LogP contribution >= 0.6 is 0 Å². The van der Waals surface area contributed by atoms with Crippen LogP contribution in [0.15, 0.2) is 218 Å². The second-order valence-electron chi connectivity index (χ2n) is 16.8. The van der Waals surface area contributed by atoms with E-state index in [4.69, 9.17) is 0 Å². The van der Waals surface area contributed by atoms with Crippen molar-refractivity contribution < 1.29 is 0 Å². The summed E-state index contributed by atoms with van der Waals surface area (Å²) >= 11 is 0. The van der Waals surface area contributed by atoms with Crippen molar-refractivity contribution in [2.75, 3.05) is 4.90 Å². The fraction of sp³-hybridized carbons (Fsp3) is 0.0690. The Morgan fingerprint density at radius 2 is 0.900 bits per heavy atom. The van der Waals surface area contributed by atoms with Crippen molar-refractivity contribution >= 4 is 38.9 Å². The van der Waals surface area contributed by atoms with Gasteiger partial charge < -0.3 is 9.47 Å². The van der Waals surface area contributed by atoms with Gasteiger partial charge in [-0.3, -0.25) is 0 Å². The van der Waals surface area contributed by atoms with Gasteiger partial charge in [0.1, 0.15) is 5.54 Å². The molecule has 1 aromatic heterocycles. The first kappa shape index (κ1) is 34.6. The molecule has 0 saturated carbocycles. The molecule has 0 aliphatic heterocycles. The Morgan fingerprint density at radius 1 is 0.383 bits per heavy atom. The zero-order valence-electron chi connectivity index (χ0n) is 33.7. The fourth-order valence-corrected chi connectivity index (χ4v) is 10.9. The average molecular weight is 767 g/mol. The molecule has 10 aromatic rings. The minimum Gasteiger partial charge on any atom is -0.322 e. The predicted octanol–water partition coefficient (Wildman–Crippen LogP) is 15.1. The summed E-state index contributed by atoms with van der Waals surface area (Å²) in [5.41, 5.74) is 19.1. The third kappa shape index (κ3) is 4.70. The summed E-state index contributed by atoms with van der Waals surface area (Å²) < 4.78 is 2.66. The van der Waals surface area contributed by atoms with Gasteiger partial charge in [-0.1, -0.05) is 196 Å². The molecule has 2 aliphatic carbocycles. The van der Waals surface area contributed by atoms with Crippen LogP contribution < -0.4 is 4.90 Å². The van der Waals surface area contributed by atoms with Gasteiger partial charge in [0.2, 0.25) is 0 Å². The predicted molar refractivity (Wildman–Crippen MR) is 251 cm³/mol. The number of hydrogen-bond donors (Lipinski definition) is 0. The molecule has 2 nitrogen and oxygen atoms in total. The second-order valence-corrected chi connectivity index (χ2v) is 16.8. The van der Waals surface area contributed by atoms with E-state index in [-0.39, 0.29) is 5.41 Å². The molecular formula is C58H42N2. The Hall–Kier alpha value is -7.42. The van der Waals surface area contributed by atoms with E-state index >= 15 is 0 Å². The van der Waals surface area contributed by atoms with Crippen LogP contribution in [0.25, 0.3) is 55.2 Å². The molecule has 0 saturated heterocycles. The molecule has 0 unspecified atom stereocenters. The minimum atomic E-state index is -0.631. The molecule has 0 atom stereocenters. The van der Waals surface area contributed by atoms with Gasteiger partial charge in [0.15, 0.2) is 0 Å².